The first-order valence-electron chi connectivity index (χ1n) is 6.41. The SMILES string of the molecule is CCCSc1nc(N)c2[nH]c(=O)n(CC(C)C)c2n1. The molecule has 104 valence electrons. The third-order valence-corrected chi connectivity index (χ3v) is 3.67. The highest BCUT2D eigenvalue weighted by molar-refractivity contribution is 7.99. The monoisotopic (exact) mass is 281 g/mol. The highest BCUT2D eigenvalue weighted by Crippen LogP contribution is 2.21. The summed E-state index contributed by atoms with van der Waals surface area (Å²) in [5.74, 6) is 1.63. The van der Waals surface area contributed by atoms with E-state index in [1.807, 2.05) is 0 Å². The molecule has 6 nitrogen and oxygen atoms in total. The zero-order valence-corrected chi connectivity index (χ0v) is 12.3. The topological polar surface area (TPSA) is 89.6 Å². The highest BCUT2D eigenvalue weighted by Gasteiger charge is 2.14. The van der Waals surface area contributed by atoms with E-state index in [9.17, 15) is 4.79 Å². The number of hydrogen-bond donors (Lipinski definition) is 2. The van der Waals surface area contributed by atoms with Crippen LogP contribution in [0.25, 0.3) is 11.2 Å². The molecule has 19 heavy (non-hydrogen) atoms. The van der Waals surface area contributed by atoms with Gasteiger partial charge in [-0.3, -0.25) is 4.57 Å². The van der Waals surface area contributed by atoms with Crippen LogP contribution in [0.15, 0.2) is 9.95 Å². The molecule has 0 bridgehead atoms. The van der Waals surface area contributed by atoms with Crippen LogP contribution in [-0.2, 0) is 6.54 Å². The van der Waals surface area contributed by atoms with Gasteiger partial charge in [-0.05, 0) is 12.3 Å². The lowest BCUT2D eigenvalue weighted by Gasteiger charge is -2.07. The summed E-state index contributed by atoms with van der Waals surface area (Å²) < 4.78 is 1.63. The Morgan fingerprint density at radius 1 is 1.42 bits per heavy atom. The molecule has 3 N–H and O–H groups in total. The fourth-order valence-electron chi connectivity index (χ4n) is 1.82. The first-order chi connectivity index (χ1) is 9.02. The molecule has 0 aliphatic rings. The molecule has 0 aliphatic heterocycles. The van der Waals surface area contributed by atoms with Crippen LogP contribution in [-0.4, -0.2) is 25.3 Å². The first-order valence-corrected chi connectivity index (χ1v) is 7.40. The summed E-state index contributed by atoms with van der Waals surface area (Å²) >= 11 is 1.55. The van der Waals surface area contributed by atoms with E-state index in [0.29, 0.717) is 34.6 Å². The molecule has 2 heterocycles. The molecule has 2 aromatic heterocycles. The number of thioether (sulfide) groups is 1. The first kappa shape index (κ1) is 13.9. The second kappa shape index (κ2) is 5.64. The molecule has 0 spiro atoms. The number of anilines is 1. The van der Waals surface area contributed by atoms with Gasteiger partial charge in [0.15, 0.2) is 16.6 Å². The number of aromatic nitrogens is 4. The van der Waals surface area contributed by atoms with E-state index in [0.717, 1.165) is 12.2 Å². The largest absolute Gasteiger partial charge is 0.382 e. The van der Waals surface area contributed by atoms with Crippen molar-refractivity contribution in [1.29, 1.82) is 0 Å². The quantitative estimate of drug-likeness (QED) is 0.645. The predicted molar refractivity (Wildman–Crippen MR) is 78.4 cm³/mol. The van der Waals surface area contributed by atoms with Crippen molar-refractivity contribution in [3.8, 4) is 0 Å². The van der Waals surface area contributed by atoms with Gasteiger partial charge in [0.1, 0.15) is 5.52 Å². The Morgan fingerprint density at radius 2 is 2.16 bits per heavy atom. The zero-order valence-electron chi connectivity index (χ0n) is 11.4. The smallest absolute Gasteiger partial charge is 0.327 e. The van der Waals surface area contributed by atoms with Crippen molar-refractivity contribution in [3.05, 3.63) is 10.5 Å². The van der Waals surface area contributed by atoms with E-state index < -0.39 is 0 Å². The van der Waals surface area contributed by atoms with Crippen LogP contribution in [0.1, 0.15) is 27.2 Å². The van der Waals surface area contributed by atoms with E-state index in [4.69, 9.17) is 5.73 Å². The fraction of sp³-hybridized carbons (Fsp3) is 0.583. The average Bonchev–Trinajstić information content (AvgIpc) is 2.64. The molecule has 7 heteroatoms. The Bertz CT molecular complexity index is 631. The number of nitrogen functional groups attached to an aromatic ring is 1. The number of imidazole rings is 1. The number of nitrogens with two attached hydrogens (primary N) is 1. The van der Waals surface area contributed by atoms with Crippen molar-refractivity contribution < 1.29 is 0 Å². The van der Waals surface area contributed by atoms with E-state index in [1.54, 1.807) is 16.3 Å². The molecule has 0 unspecified atom stereocenters. The predicted octanol–water partition coefficient (Wildman–Crippen LogP) is 1.86. The molecule has 2 rings (SSSR count). The van der Waals surface area contributed by atoms with Gasteiger partial charge >= 0.3 is 5.69 Å². The highest BCUT2D eigenvalue weighted by atomic mass is 32.2. The number of H-pyrrole nitrogens is 1. The zero-order chi connectivity index (χ0) is 14.0. The lowest BCUT2D eigenvalue weighted by atomic mass is 10.2. The molecule has 0 fully saturated rings. The Balaban J connectivity index is 2.53. The van der Waals surface area contributed by atoms with Crippen molar-refractivity contribution in [1.82, 2.24) is 19.5 Å². The van der Waals surface area contributed by atoms with Crippen LogP contribution in [0.5, 0.6) is 0 Å². The van der Waals surface area contributed by atoms with E-state index >= 15 is 0 Å². The van der Waals surface area contributed by atoms with Gasteiger partial charge in [0.2, 0.25) is 0 Å². The van der Waals surface area contributed by atoms with E-state index in [2.05, 4.69) is 35.7 Å². The summed E-state index contributed by atoms with van der Waals surface area (Å²) in [4.78, 5) is 23.3. The molecule has 0 saturated heterocycles. The fourth-order valence-corrected chi connectivity index (χ4v) is 2.52. The summed E-state index contributed by atoms with van der Waals surface area (Å²) in [5.41, 5.74) is 6.85. The molecule has 0 aromatic carbocycles. The molecular weight excluding hydrogens is 262 g/mol. The third-order valence-electron chi connectivity index (χ3n) is 2.61. The van der Waals surface area contributed by atoms with Crippen LogP contribution in [0.3, 0.4) is 0 Å². The van der Waals surface area contributed by atoms with Gasteiger partial charge in [-0.1, -0.05) is 32.5 Å². The van der Waals surface area contributed by atoms with Gasteiger partial charge < -0.3 is 10.7 Å². The maximum atomic E-state index is 11.9. The van der Waals surface area contributed by atoms with Gasteiger partial charge in [0.05, 0.1) is 0 Å². The minimum atomic E-state index is -0.178. The summed E-state index contributed by atoms with van der Waals surface area (Å²) in [5, 5.41) is 0.628. The number of aromatic amines is 1. The van der Waals surface area contributed by atoms with Crippen molar-refractivity contribution in [3.63, 3.8) is 0 Å². The number of rotatable bonds is 5. The molecular formula is C12H19N5OS. The Labute approximate surface area is 115 Å². The van der Waals surface area contributed by atoms with Crippen LogP contribution >= 0.6 is 11.8 Å². The minimum absolute atomic E-state index is 0.178. The van der Waals surface area contributed by atoms with Crippen LogP contribution < -0.4 is 11.4 Å². The normalized spacial score (nSPS) is 11.6. The van der Waals surface area contributed by atoms with Crippen LogP contribution in [0.2, 0.25) is 0 Å². The molecule has 0 radical (unpaired) electrons. The van der Waals surface area contributed by atoms with Crippen molar-refractivity contribution in [2.75, 3.05) is 11.5 Å². The van der Waals surface area contributed by atoms with Gasteiger partial charge in [-0.2, -0.15) is 0 Å². The van der Waals surface area contributed by atoms with Crippen LogP contribution in [0, 0.1) is 5.92 Å². The lowest BCUT2D eigenvalue weighted by molar-refractivity contribution is 0.519. The van der Waals surface area contributed by atoms with Crippen LogP contribution in [0.4, 0.5) is 5.82 Å². The number of fused-ring (bicyclic) bond motifs is 1. The molecule has 0 atom stereocenters. The maximum absolute atomic E-state index is 11.9. The lowest BCUT2D eigenvalue weighted by Crippen LogP contribution is -2.19. The summed E-state index contributed by atoms with van der Waals surface area (Å²) in [6, 6.07) is 0. The molecule has 0 amide bonds. The third kappa shape index (κ3) is 2.91. The van der Waals surface area contributed by atoms with Crippen molar-refractivity contribution in [2.45, 2.75) is 38.9 Å². The molecule has 2 aromatic rings. The molecule has 0 aliphatic carbocycles. The summed E-state index contributed by atoms with van der Waals surface area (Å²) in [7, 11) is 0. The minimum Gasteiger partial charge on any atom is -0.382 e. The standard InChI is InChI=1S/C12H19N5OS/c1-4-5-19-11-15-9(13)8-10(16-11)17(6-7(2)3)12(18)14-8/h7H,4-6H2,1-3H3,(H,14,18)(H2,13,15,16). The van der Waals surface area contributed by atoms with Crippen molar-refractivity contribution >= 4 is 28.7 Å². The van der Waals surface area contributed by atoms with Gasteiger partial charge in [0, 0.05) is 12.3 Å². The van der Waals surface area contributed by atoms with E-state index in [-0.39, 0.29) is 5.69 Å². The van der Waals surface area contributed by atoms with E-state index in [1.165, 1.54) is 0 Å². The number of nitrogens with zero attached hydrogens (tertiary/aromatic N) is 3. The number of nitrogens with one attached hydrogen (secondary N) is 1. The summed E-state index contributed by atoms with van der Waals surface area (Å²) in [6.07, 6.45) is 1.04. The second-order valence-corrected chi connectivity index (χ2v) is 5.94. The van der Waals surface area contributed by atoms with Gasteiger partial charge in [0.25, 0.3) is 0 Å². The summed E-state index contributed by atoms with van der Waals surface area (Å²) in [6.45, 7) is 6.83. The molecule has 0 saturated carbocycles. The van der Waals surface area contributed by atoms with Gasteiger partial charge in [-0.15, -0.1) is 0 Å². The Hall–Kier alpha value is -1.50. The Morgan fingerprint density at radius 3 is 2.79 bits per heavy atom. The Kier molecular flexibility index (Phi) is 4.14. The second-order valence-electron chi connectivity index (χ2n) is 4.87. The van der Waals surface area contributed by atoms with Gasteiger partial charge in [-0.25, -0.2) is 14.8 Å². The maximum Gasteiger partial charge on any atom is 0.327 e. The van der Waals surface area contributed by atoms with Crippen molar-refractivity contribution in [2.24, 2.45) is 5.92 Å². The average molecular weight is 281 g/mol. The number of hydrogen-bond acceptors (Lipinski definition) is 5.